The Balaban J connectivity index is 1.45. The van der Waals surface area contributed by atoms with E-state index in [0.29, 0.717) is 18.0 Å². The highest BCUT2D eigenvalue weighted by molar-refractivity contribution is 5.93. The summed E-state index contributed by atoms with van der Waals surface area (Å²) in [5, 5.41) is 6.80. The lowest BCUT2D eigenvalue weighted by atomic mass is 10.1. The number of rotatable bonds is 7. The molecule has 2 aromatic rings. The Kier molecular flexibility index (Phi) is 7.76. The number of carbonyl (C=O) groups excluding carboxylic acids is 1. The van der Waals surface area contributed by atoms with E-state index in [1.165, 1.54) is 5.69 Å². The smallest absolute Gasteiger partial charge is 0.253 e. The molecular weight excluding hydrogens is 390 g/mol. The van der Waals surface area contributed by atoms with Gasteiger partial charge in [-0.05, 0) is 42.2 Å². The van der Waals surface area contributed by atoms with E-state index < -0.39 is 0 Å². The Labute approximate surface area is 185 Å². The van der Waals surface area contributed by atoms with E-state index in [1.807, 2.05) is 36.4 Å². The van der Waals surface area contributed by atoms with E-state index in [-0.39, 0.29) is 5.91 Å². The summed E-state index contributed by atoms with van der Waals surface area (Å²) in [7, 11) is 7.00. The summed E-state index contributed by atoms with van der Waals surface area (Å²) >= 11 is 0. The fourth-order valence-electron chi connectivity index (χ4n) is 3.71. The van der Waals surface area contributed by atoms with E-state index in [4.69, 9.17) is 4.74 Å². The predicted molar refractivity (Wildman–Crippen MR) is 126 cm³/mol. The minimum atomic E-state index is 0.0107. The fourth-order valence-corrected chi connectivity index (χ4v) is 3.71. The van der Waals surface area contributed by atoms with Crippen molar-refractivity contribution >= 4 is 17.6 Å². The first kappa shape index (κ1) is 22.5. The van der Waals surface area contributed by atoms with Gasteiger partial charge in [0.15, 0.2) is 5.96 Å². The van der Waals surface area contributed by atoms with Gasteiger partial charge in [-0.1, -0.05) is 18.2 Å². The van der Waals surface area contributed by atoms with E-state index in [1.54, 1.807) is 33.2 Å². The lowest BCUT2D eigenvalue weighted by molar-refractivity contribution is 0.0827. The number of anilines is 1. The van der Waals surface area contributed by atoms with Gasteiger partial charge in [-0.3, -0.25) is 9.79 Å². The molecule has 0 radical (unpaired) electrons. The Morgan fingerprint density at radius 3 is 2.65 bits per heavy atom. The maximum Gasteiger partial charge on any atom is 0.253 e. The Bertz CT molecular complexity index is 895. The number of amides is 1. The van der Waals surface area contributed by atoms with Gasteiger partial charge in [-0.25, -0.2) is 0 Å². The number of guanidine groups is 1. The standard InChI is InChI=1S/C24H33N5O2/c1-25-24(26-15-18-8-10-20(11-9-18)23(30)28(2)3)27-16-19-12-13-29(17-19)21-6-5-7-22(14-21)31-4/h5-11,14,19H,12-13,15-17H2,1-4H3,(H2,25,26,27). The number of nitrogens with zero attached hydrogens (tertiary/aromatic N) is 3. The molecule has 2 aromatic carbocycles. The molecule has 31 heavy (non-hydrogen) atoms. The number of ether oxygens (including phenoxy) is 1. The van der Waals surface area contributed by atoms with Crippen molar-refractivity contribution < 1.29 is 9.53 Å². The predicted octanol–water partition coefficient (Wildman–Crippen LogP) is 2.59. The molecule has 7 heteroatoms. The number of carbonyl (C=O) groups is 1. The highest BCUT2D eigenvalue weighted by Crippen LogP contribution is 2.26. The third-order valence-electron chi connectivity index (χ3n) is 5.55. The van der Waals surface area contributed by atoms with Crippen LogP contribution in [0, 0.1) is 5.92 Å². The van der Waals surface area contributed by atoms with Crippen molar-refractivity contribution in [2.24, 2.45) is 10.9 Å². The van der Waals surface area contributed by atoms with Crippen molar-refractivity contribution in [1.82, 2.24) is 15.5 Å². The minimum Gasteiger partial charge on any atom is -0.497 e. The average molecular weight is 424 g/mol. The number of methoxy groups -OCH3 is 1. The lowest BCUT2D eigenvalue weighted by Crippen LogP contribution is -2.39. The Morgan fingerprint density at radius 2 is 1.97 bits per heavy atom. The summed E-state index contributed by atoms with van der Waals surface area (Å²) < 4.78 is 5.34. The molecular formula is C24H33N5O2. The van der Waals surface area contributed by atoms with Crippen LogP contribution < -0.4 is 20.3 Å². The van der Waals surface area contributed by atoms with Crippen LogP contribution in [0.4, 0.5) is 5.69 Å². The quantitative estimate of drug-likeness (QED) is 0.529. The van der Waals surface area contributed by atoms with Gasteiger partial charge in [-0.2, -0.15) is 0 Å². The Hall–Kier alpha value is -3.22. The molecule has 0 aliphatic carbocycles. The molecule has 2 N–H and O–H groups in total. The van der Waals surface area contributed by atoms with E-state index >= 15 is 0 Å². The molecule has 1 aliphatic rings. The number of nitrogens with one attached hydrogen (secondary N) is 2. The van der Waals surface area contributed by atoms with Crippen molar-refractivity contribution in [2.45, 2.75) is 13.0 Å². The maximum atomic E-state index is 12.0. The van der Waals surface area contributed by atoms with Gasteiger partial charge in [0.2, 0.25) is 0 Å². The molecule has 3 rings (SSSR count). The molecule has 0 aromatic heterocycles. The van der Waals surface area contributed by atoms with Gasteiger partial charge in [0.25, 0.3) is 5.91 Å². The van der Waals surface area contributed by atoms with Gasteiger partial charge in [0, 0.05) is 64.6 Å². The van der Waals surface area contributed by atoms with Crippen LogP contribution in [0.5, 0.6) is 5.75 Å². The summed E-state index contributed by atoms with van der Waals surface area (Å²) in [5.74, 6) is 2.24. The van der Waals surface area contributed by atoms with Crippen molar-refractivity contribution in [1.29, 1.82) is 0 Å². The maximum absolute atomic E-state index is 12.0. The summed E-state index contributed by atoms with van der Waals surface area (Å²) in [5.41, 5.74) is 3.00. The zero-order valence-corrected chi connectivity index (χ0v) is 18.9. The lowest BCUT2D eigenvalue weighted by Gasteiger charge is -2.20. The third-order valence-corrected chi connectivity index (χ3v) is 5.55. The molecule has 166 valence electrons. The van der Waals surface area contributed by atoms with Crippen LogP contribution in [0.3, 0.4) is 0 Å². The first-order valence-corrected chi connectivity index (χ1v) is 10.6. The molecule has 1 amide bonds. The van der Waals surface area contributed by atoms with Gasteiger partial charge in [0.1, 0.15) is 5.75 Å². The van der Waals surface area contributed by atoms with Crippen LogP contribution >= 0.6 is 0 Å². The largest absolute Gasteiger partial charge is 0.497 e. The van der Waals surface area contributed by atoms with Crippen LogP contribution in [0.15, 0.2) is 53.5 Å². The second-order valence-electron chi connectivity index (χ2n) is 8.01. The monoisotopic (exact) mass is 423 g/mol. The topological polar surface area (TPSA) is 69.2 Å². The first-order chi connectivity index (χ1) is 15.0. The number of benzene rings is 2. The van der Waals surface area contributed by atoms with Crippen LogP contribution in [-0.2, 0) is 6.54 Å². The van der Waals surface area contributed by atoms with Crippen molar-refractivity contribution in [2.75, 3.05) is 52.8 Å². The van der Waals surface area contributed by atoms with Crippen molar-refractivity contribution in [3.8, 4) is 5.75 Å². The van der Waals surface area contributed by atoms with Gasteiger partial charge in [0.05, 0.1) is 7.11 Å². The number of hydrogen-bond acceptors (Lipinski definition) is 4. The molecule has 0 spiro atoms. The molecule has 0 bridgehead atoms. The summed E-state index contributed by atoms with van der Waals surface area (Å²) in [6.45, 7) is 3.58. The van der Waals surface area contributed by atoms with E-state index in [2.05, 4.69) is 32.7 Å². The second kappa shape index (κ2) is 10.7. The minimum absolute atomic E-state index is 0.0107. The van der Waals surface area contributed by atoms with Crippen LogP contribution in [0.2, 0.25) is 0 Å². The summed E-state index contributed by atoms with van der Waals surface area (Å²) in [6, 6.07) is 15.9. The number of hydrogen-bond donors (Lipinski definition) is 2. The van der Waals surface area contributed by atoms with Crippen LogP contribution in [-0.4, -0.2) is 64.7 Å². The summed E-state index contributed by atoms with van der Waals surface area (Å²) in [4.78, 5) is 20.3. The second-order valence-corrected chi connectivity index (χ2v) is 8.01. The highest BCUT2D eigenvalue weighted by atomic mass is 16.5. The molecule has 7 nitrogen and oxygen atoms in total. The van der Waals surface area contributed by atoms with Gasteiger partial charge >= 0.3 is 0 Å². The third kappa shape index (κ3) is 6.13. The summed E-state index contributed by atoms with van der Waals surface area (Å²) in [6.07, 6.45) is 1.14. The normalized spacial score (nSPS) is 16.2. The van der Waals surface area contributed by atoms with Gasteiger partial charge in [-0.15, -0.1) is 0 Å². The molecule has 1 saturated heterocycles. The zero-order valence-electron chi connectivity index (χ0n) is 18.9. The SMILES string of the molecule is CN=C(NCc1ccc(C(=O)N(C)C)cc1)NCC1CCN(c2cccc(OC)c2)C1. The van der Waals surface area contributed by atoms with Gasteiger partial charge < -0.3 is 25.2 Å². The Morgan fingerprint density at radius 1 is 1.19 bits per heavy atom. The van der Waals surface area contributed by atoms with E-state index in [9.17, 15) is 4.79 Å². The van der Waals surface area contributed by atoms with E-state index in [0.717, 1.165) is 43.3 Å². The highest BCUT2D eigenvalue weighted by Gasteiger charge is 2.23. The van der Waals surface area contributed by atoms with Crippen molar-refractivity contribution in [3.63, 3.8) is 0 Å². The molecule has 1 fully saturated rings. The zero-order chi connectivity index (χ0) is 22.2. The average Bonchev–Trinajstić information content (AvgIpc) is 3.28. The molecule has 1 heterocycles. The molecule has 1 atom stereocenters. The van der Waals surface area contributed by atoms with Crippen LogP contribution in [0.25, 0.3) is 0 Å². The van der Waals surface area contributed by atoms with Crippen LogP contribution in [0.1, 0.15) is 22.3 Å². The fraction of sp³-hybridized carbons (Fsp3) is 0.417. The van der Waals surface area contributed by atoms with Crippen molar-refractivity contribution in [3.05, 3.63) is 59.7 Å². The molecule has 1 aliphatic heterocycles. The molecule has 0 saturated carbocycles. The molecule has 1 unspecified atom stereocenters. The first-order valence-electron chi connectivity index (χ1n) is 10.6. The number of aliphatic imine (C=N–C) groups is 1.